The van der Waals surface area contributed by atoms with E-state index < -0.39 is 5.97 Å². The van der Waals surface area contributed by atoms with Crippen molar-refractivity contribution in [3.05, 3.63) is 64.3 Å². The highest BCUT2D eigenvalue weighted by atomic mass is 16.5. The molecule has 0 unspecified atom stereocenters. The molecular weight excluding hydrogens is 352 g/mol. The molecule has 1 heterocycles. The van der Waals surface area contributed by atoms with Crippen LogP contribution in [0.25, 0.3) is 10.9 Å². The molecule has 0 atom stereocenters. The molecule has 0 aliphatic rings. The van der Waals surface area contributed by atoms with Gasteiger partial charge < -0.3 is 15.0 Å². The van der Waals surface area contributed by atoms with Crippen LogP contribution >= 0.6 is 0 Å². The summed E-state index contributed by atoms with van der Waals surface area (Å²) in [5.41, 5.74) is 6.41. The Labute approximate surface area is 165 Å². The van der Waals surface area contributed by atoms with Crippen LogP contribution in [-0.4, -0.2) is 23.5 Å². The van der Waals surface area contributed by atoms with Crippen LogP contribution in [0.2, 0.25) is 0 Å². The first kappa shape index (κ1) is 19.7. The monoisotopic (exact) mass is 378 g/mol. The maximum Gasteiger partial charge on any atom is 0.355 e. The number of carbonyl (C=O) groups excluding carboxylic acids is 2. The fourth-order valence-corrected chi connectivity index (χ4v) is 3.50. The fourth-order valence-electron chi connectivity index (χ4n) is 3.50. The number of esters is 1. The molecule has 0 saturated carbocycles. The van der Waals surface area contributed by atoms with E-state index in [0.717, 1.165) is 51.7 Å². The van der Waals surface area contributed by atoms with Gasteiger partial charge in [0, 0.05) is 16.6 Å². The number of hydrogen-bond acceptors (Lipinski definition) is 3. The van der Waals surface area contributed by atoms with Gasteiger partial charge in [-0.1, -0.05) is 38.1 Å². The Hall–Kier alpha value is -3.08. The number of para-hydroxylation sites is 1. The molecule has 0 radical (unpaired) electrons. The quantitative estimate of drug-likeness (QED) is 0.611. The number of nitrogens with one attached hydrogen (secondary N) is 2. The molecule has 2 N–H and O–H groups in total. The van der Waals surface area contributed by atoms with Gasteiger partial charge >= 0.3 is 5.97 Å². The van der Waals surface area contributed by atoms with Crippen LogP contribution in [0.4, 0.5) is 5.69 Å². The minimum absolute atomic E-state index is 0.326. The summed E-state index contributed by atoms with van der Waals surface area (Å²) < 4.78 is 5.23. The van der Waals surface area contributed by atoms with Crippen LogP contribution in [0.15, 0.2) is 36.4 Å². The highest BCUT2D eigenvalue weighted by Gasteiger charge is 2.16. The molecule has 5 heteroatoms. The molecule has 0 spiro atoms. The number of rotatable bonds is 6. The van der Waals surface area contributed by atoms with Crippen molar-refractivity contribution in [2.75, 3.05) is 11.9 Å². The number of ether oxygens (including phenoxy) is 1. The van der Waals surface area contributed by atoms with Gasteiger partial charge in [0.15, 0.2) is 6.61 Å². The van der Waals surface area contributed by atoms with E-state index in [1.165, 1.54) is 0 Å². The van der Waals surface area contributed by atoms with Crippen molar-refractivity contribution < 1.29 is 14.3 Å². The average Bonchev–Trinajstić information content (AvgIpc) is 3.10. The van der Waals surface area contributed by atoms with Crippen molar-refractivity contribution in [1.29, 1.82) is 0 Å². The molecule has 1 amide bonds. The fraction of sp³-hybridized carbons (Fsp3) is 0.304. The highest BCUT2D eigenvalue weighted by Crippen LogP contribution is 2.23. The van der Waals surface area contributed by atoms with E-state index >= 15 is 0 Å². The zero-order valence-electron chi connectivity index (χ0n) is 16.8. The number of hydrogen-bond donors (Lipinski definition) is 2. The van der Waals surface area contributed by atoms with E-state index in [-0.39, 0.29) is 12.5 Å². The lowest BCUT2D eigenvalue weighted by atomic mass is 10.0. The molecule has 28 heavy (non-hydrogen) atoms. The molecule has 1 aromatic heterocycles. The molecule has 5 nitrogen and oxygen atoms in total. The van der Waals surface area contributed by atoms with Crippen LogP contribution in [0.3, 0.4) is 0 Å². The van der Waals surface area contributed by atoms with Crippen LogP contribution in [0.5, 0.6) is 0 Å². The molecule has 0 aliphatic carbocycles. The molecule has 0 saturated heterocycles. The predicted octanol–water partition coefficient (Wildman–Crippen LogP) is 4.71. The number of anilines is 1. The SMILES string of the molecule is CCc1cccc(CC)c1NC(=O)COC(=O)c1cc2c(C)cc(C)cc2[nH]1. The van der Waals surface area contributed by atoms with Gasteiger partial charge in [-0.05, 0) is 61.1 Å². The molecule has 146 valence electrons. The number of aromatic amines is 1. The largest absolute Gasteiger partial charge is 0.451 e. The number of aromatic nitrogens is 1. The van der Waals surface area contributed by atoms with E-state index in [9.17, 15) is 9.59 Å². The third-order valence-electron chi connectivity index (χ3n) is 4.91. The number of amides is 1. The van der Waals surface area contributed by atoms with Crippen LogP contribution < -0.4 is 5.32 Å². The smallest absolute Gasteiger partial charge is 0.355 e. The van der Waals surface area contributed by atoms with Gasteiger partial charge in [0.05, 0.1) is 0 Å². The minimum atomic E-state index is -0.539. The summed E-state index contributed by atoms with van der Waals surface area (Å²) in [4.78, 5) is 27.8. The maximum absolute atomic E-state index is 12.4. The number of fused-ring (bicyclic) bond motifs is 1. The lowest BCUT2D eigenvalue weighted by molar-refractivity contribution is -0.119. The molecule has 0 bridgehead atoms. The van der Waals surface area contributed by atoms with Crippen molar-refractivity contribution >= 4 is 28.5 Å². The standard InChI is InChI=1S/C23H26N2O3/c1-5-16-8-7-9-17(6-2)22(16)25-21(26)13-28-23(27)20-12-18-15(4)10-14(3)11-19(18)24-20/h7-12,24H,5-6,13H2,1-4H3,(H,25,26). The summed E-state index contributed by atoms with van der Waals surface area (Å²) in [5.74, 6) is -0.880. The molecule has 0 aliphatic heterocycles. The van der Waals surface area contributed by atoms with Crippen LogP contribution in [0, 0.1) is 13.8 Å². The van der Waals surface area contributed by atoms with Crippen molar-refractivity contribution in [2.45, 2.75) is 40.5 Å². The van der Waals surface area contributed by atoms with Crippen molar-refractivity contribution in [1.82, 2.24) is 4.98 Å². The first-order valence-electron chi connectivity index (χ1n) is 9.60. The van der Waals surface area contributed by atoms with Gasteiger partial charge in [-0.3, -0.25) is 4.79 Å². The number of carbonyl (C=O) groups is 2. The predicted molar refractivity (Wildman–Crippen MR) is 112 cm³/mol. The van der Waals surface area contributed by atoms with Crippen LogP contribution in [-0.2, 0) is 22.4 Å². The zero-order valence-corrected chi connectivity index (χ0v) is 16.8. The second kappa shape index (κ2) is 8.30. The zero-order chi connectivity index (χ0) is 20.3. The summed E-state index contributed by atoms with van der Waals surface area (Å²) in [6.07, 6.45) is 1.63. The topological polar surface area (TPSA) is 71.2 Å². The second-order valence-corrected chi connectivity index (χ2v) is 7.01. The van der Waals surface area contributed by atoms with E-state index in [0.29, 0.717) is 5.69 Å². The Balaban J connectivity index is 1.68. The first-order chi connectivity index (χ1) is 13.4. The second-order valence-electron chi connectivity index (χ2n) is 7.01. The van der Waals surface area contributed by atoms with Gasteiger partial charge in [0.25, 0.3) is 5.91 Å². The van der Waals surface area contributed by atoms with E-state index in [1.807, 2.05) is 52.0 Å². The number of aryl methyl sites for hydroxylation is 4. The van der Waals surface area contributed by atoms with Gasteiger partial charge in [-0.25, -0.2) is 4.79 Å². The average molecular weight is 378 g/mol. The summed E-state index contributed by atoms with van der Waals surface area (Å²) in [7, 11) is 0. The van der Waals surface area contributed by atoms with Crippen molar-refractivity contribution in [3.63, 3.8) is 0 Å². The maximum atomic E-state index is 12.4. The van der Waals surface area contributed by atoms with E-state index in [4.69, 9.17) is 4.74 Å². The first-order valence-corrected chi connectivity index (χ1v) is 9.60. The van der Waals surface area contributed by atoms with Gasteiger partial charge in [-0.2, -0.15) is 0 Å². The van der Waals surface area contributed by atoms with Gasteiger partial charge in [0.1, 0.15) is 5.69 Å². The summed E-state index contributed by atoms with van der Waals surface area (Å²) in [6, 6.07) is 11.8. The number of H-pyrrole nitrogens is 1. The highest BCUT2D eigenvalue weighted by molar-refractivity contribution is 5.98. The van der Waals surface area contributed by atoms with E-state index in [1.54, 1.807) is 6.07 Å². The Morgan fingerprint density at radius 3 is 2.36 bits per heavy atom. The summed E-state index contributed by atoms with van der Waals surface area (Å²) in [5, 5.41) is 3.88. The Morgan fingerprint density at radius 2 is 1.71 bits per heavy atom. The molecular formula is C23H26N2O3. The molecule has 3 rings (SSSR count). The molecule has 3 aromatic rings. The van der Waals surface area contributed by atoms with Gasteiger partial charge in [0.2, 0.25) is 0 Å². The summed E-state index contributed by atoms with van der Waals surface area (Å²) in [6.45, 7) is 7.78. The normalized spacial score (nSPS) is 10.9. The minimum Gasteiger partial charge on any atom is -0.451 e. The van der Waals surface area contributed by atoms with E-state index in [2.05, 4.69) is 16.4 Å². The summed E-state index contributed by atoms with van der Waals surface area (Å²) >= 11 is 0. The van der Waals surface area contributed by atoms with Crippen molar-refractivity contribution in [2.24, 2.45) is 0 Å². The lowest BCUT2D eigenvalue weighted by Crippen LogP contribution is -2.22. The number of benzene rings is 2. The van der Waals surface area contributed by atoms with Crippen molar-refractivity contribution in [3.8, 4) is 0 Å². The third kappa shape index (κ3) is 4.09. The van der Waals surface area contributed by atoms with Crippen LogP contribution in [0.1, 0.15) is 46.6 Å². The van der Waals surface area contributed by atoms with Gasteiger partial charge in [-0.15, -0.1) is 0 Å². The Kier molecular flexibility index (Phi) is 5.83. The molecule has 0 fully saturated rings. The third-order valence-corrected chi connectivity index (χ3v) is 4.91. The molecule has 2 aromatic carbocycles. The Morgan fingerprint density at radius 1 is 1.04 bits per heavy atom. The lowest BCUT2D eigenvalue weighted by Gasteiger charge is -2.14. The Bertz CT molecular complexity index is 1010.